The number of nitrogens with zero attached hydrogens (tertiary/aromatic N) is 4. The highest BCUT2D eigenvalue weighted by Crippen LogP contribution is 2.29. The number of nitrogen functional groups attached to an aromatic ring is 1. The van der Waals surface area contributed by atoms with Crippen molar-refractivity contribution in [2.24, 2.45) is 0 Å². The number of sulfone groups is 2. The molecule has 1 aliphatic carbocycles. The third-order valence-electron chi connectivity index (χ3n) is 6.76. The fourth-order valence-corrected chi connectivity index (χ4v) is 5.63. The molecule has 6 aromatic rings. The van der Waals surface area contributed by atoms with Crippen LogP contribution in [0.2, 0.25) is 5.28 Å². The van der Waals surface area contributed by atoms with Crippen LogP contribution in [0.1, 0.15) is 12.8 Å². The molecule has 1 saturated carbocycles. The lowest BCUT2D eigenvalue weighted by Gasteiger charge is -2.08. The number of hydrogen-bond acceptors (Lipinski definition) is 14. The molecule has 0 bridgehead atoms. The van der Waals surface area contributed by atoms with Gasteiger partial charge in [-0.2, -0.15) is 9.97 Å². The first-order valence-corrected chi connectivity index (χ1v) is 18.9. The molecule has 14 nitrogen and oxygen atoms in total. The summed E-state index contributed by atoms with van der Waals surface area (Å²) < 4.78 is 55.5. The molecule has 1 aliphatic rings. The first-order chi connectivity index (χ1) is 23.3. The van der Waals surface area contributed by atoms with Crippen molar-refractivity contribution in [3.63, 3.8) is 0 Å². The Bertz CT molecular complexity index is 2290. The van der Waals surface area contributed by atoms with E-state index in [0.717, 1.165) is 5.52 Å². The number of nitrogens with two attached hydrogens (primary N) is 1. The zero-order valence-corrected chi connectivity index (χ0v) is 28.8. The number of fused-ring (bicyclic) bond motifs is 2. The van der Waals surface area contributed by atoms with Gasteiger partial charge in [-0.3, -0.25) is 0 Å². The molecule has 0 atom stereocenters. The molecule has 49 heavy (non-hydrogen) atoms. The number of furan rings is 2. The number of rotatable bonds is 9. The molecule has 1 fully saturated rings. The van der Waals surface area contributed by atoms with E-state index in [2.05, 4.69) is 42.5 Å². The van der Waals surface area contributed by atoms with Crippen LogP contribution in [-0.4, -0.2) is 61.9 Å². The summed E-state index contributed by atoms with van der Waals surface area (Å²) >= 11 is 5.78. The van der Waals surface area contributed by atoms with Crippen molar-refractivity contribution < 1.29 is 25.7 Å². The Labute approximate surface area is 287 Å². The van der Waals surface area contributed by atoms with Crippen molar-refractivity contribution in [3.05, 3.63) is 91.1 Å². The highest BCUT2D eigenvalue weighted by molar-refractivity contribution is 7.91. The third-order valence-corrected chi connectivity index (χ3v) is 9.18. The van der Waals surface area contributed by atoms with Crippen LogP contribution in [0, 0.1) is 0 Å². The lowest BCUT2D eigenvalue weighted by atomic mass is 10.3. The van der Waals surface area contributed by atoms with Crippen LogP contribution in [-0.2, 0) is 19.7 Å². The molecule has 5 N–H and O–H groups in total. The zero-order valence-electron chi connectivity index (χ0n) is 26.4. The highest BCUT2D eigenvalue weighted by Gasteiger charge is 2.23. The fourth-order valence-electron chi connectivity index (χ4n) is 4.19. The summed E-state index contributed by atoms with van der Waals surface area (Å²) in [5.74, 6) is 1.63. The van der Waals surface area contributed by atoms with E-state index in [0.29, 0.717) is 63.1 Å². The molecule has 4 aromatic heterocycles. The summed E-state index contributed by atoms with van der Waals surface area (Å²) in [6, 6.07) is 16.5. The maximum atomic E-state index is 11.5. The van der Waals surface area contributed by atoms with Gasteiger partial charge in [0, 0.05) is 48.6 Å². The van der Waals surface area contributed by atoms with Gasteiger partial charge >= 0.3 is 0 Å². The summed E-state index contributed by atoms with van der Waals surface area (Å²) in [6.45, 7) is 4.20. The van der Waals surface area contributed by atoms with Gasteiger partial charge < -0.3 is 30.5 Å². The van der Waals surface area contributed by atoms with Crippen LogP contribution >= 0.6 is 11.6 Å². The molecular weight excluding hydrogens is 692 g/mol. The van der Waals surface area contributed by atoms with Gasteiger partial charge in [0.15, 0.2) is 42.5 Å². The number of anilines is 5. The maximum Gasteiger partial charge on any atom is 0.229 e. The molecule has 17 heteroatoms. The maximum absolute atomic E-state index is 11.5. The Morgan fingerprint density at radius 2 is 1.37 bits per heavy atom. The van der Waals surface area contributed by atoms with E-state index < -0.39 is 19.7 Å². The standard InChI is InChI=1S/C16H16N4O3S.C9H8ClN3O.C7H9NO2S/c1-3-9-17-15-14-13(8-10-23-14)19-16(20-15)18-11-4-6-12(7-5-11)24(2,21)22;10-9-12-6-3-4-14-7(6)8(13-9)11-5-1-2-5;1-11(9,10)7-4-2-6(8)3-5-7/h3-8,10H,1,9H2,2H3,(H2,17,18,19,20);3-5H,1-2H2,(H,11,12,13);2-5H,8H2,1H3. The molecule has 0 aliphatic heterocycles. The summed E-state index contributed by atoms with van der Waals surface area (Å²) in [5, 5.41) is 9.66. The highest BCUT2D eigenvalue weighted by atomic mass is 35.5. The van der Waals surface area contributed by atoms with Crippen LogP contribution in [0.5, 0.6) is 0 Å². The van der Waals surface area contributed by atoms with Crippen LogP contribution < -0.4 is 21.7 Å². The molecule has 256 valence electrons. The lowest BCUT2D eigenvalue weighted by Crippen LogP contribution is -2.05. The smallest absolute Gasteiger partial charge is 0.229 e. The molecule has 0 saturated heterocycles. The number of benzene rings is 2. The SMILES string of the molecule is C=CCNc1nc(Nc2ccc(S(C)(=O)=O)cc2)nc2ccoc12.CS(=O)(=O)c1ccc(N)cc1.Clc1nc(NC2CC2)c2occc2n1. The van der Waals surface area contributed by atoms with Crippen molar-refractivity contribution in [1.29, 1.82) is 0 Å². The number of nitrogens with one attached hydrogen (secondary N) is 3. The predicted octanol–water partition coefficient (Wildman–Crippen LogP) is 6.09. The minimum absolute atomic E-state index is 0.252. The van der Waals surface area contributed by atoms with Crippen molar-refractivity contribution in [2.45, 2.75) is 28.7 Å². The van der Waals surface area contributed by atoms with Gasteiger partial charge in [-0.15, -0.1) is 6.58 Å². The van der Waals surface area contributed by atoms with E-state index >= 15 is 0 Å². The van der Waals surface area contributed by atoms with Crippen molar-refractivity contribution >= 4 is 82.4 Å². The fraction of sp³-hybridized carbons (Fsp3) is 0.188. The molecule has 0 spiro atoms. The second-order valence-electron chi connectivity index (χ2n) is 10.9. The van der Waals surface area contributed by atoms with Crippen molar-refractivity contribution in [1.82, 2.24) is 19.9 Å². The Kier molecular flexibility index (Phi) is 10.7. The normalized spacial score (nSPS) is 12.7. The molecule has 0 radical (unpaired) electrons. The van der Waals surface area contributed by atoms with Gasteiger partial charge in [0.25, 0.3) is 0 Å². The van der Waals surface area contributed by atoms with Crippen LogP contribution in [0.25, 0.3) is 22.2 Å². The Morgan fingerprint density at radius 3 is 1.92 bits per heavy atom. The van der Waals surface area contributed by atoms with E-state index in [1.54, 1.807) is 55.0 Å². The molecule has 4 heterocycles. The second-order valence-corrected chi connectivity index (χ2v) is 15.2. The van der Waals surface area contributed by atoms with Gasteiger partial charge in [-0.1, -0.05) is 6.08 Å². The van der Waals surface area contributed by atoms with Gasteiger partial charge in [-0.05, 0) is 73.0 Å². The largest absolute Gasteiger partial charge is 0.459 e. The Morgan fingerprint density at radius 1 is 0.816 bits per heavy atom. The van der Waals surface area contributed by atoms with E-state index in [9.17, 15) is 16.8 Å². The monoisotopic (exact) mass is 724 g/mol. The van der Waals surface area contributed by atoms with E-state index in [1.165, 1.54) is 49.6 Å². The molecule has 0 amide bonds. The topological polar surface area (TPSA) is 208 Å². The second kappa shape index (κ2) is 14.9. The number of halogens is 1. The summed E-state index contributed by atoms with van der Waals surface area (Å²) in [7, 11) is -6.30. The average Bonchev–Trinajstić information content (AvgIpc) is 3.51. The predicted molar refractivity (Wildman–Crippen MR) is 191 cm³/mol. The average molecular weight is 725 g/mol. The lowest BCUT2D eigenvalue weighted by molar-refractivity contribution is 0.600. The number of aromatic nitrogens is 4. The Balaban J connectivity index is 0.000000158. The molecule has 7 rings (SSSR count). The van der Waals surface area contributed by atoms with Crippen LogP contribution in [0.4, 0.5) is 29.0 Å². The summed E-state index contributed by atoms with van der Waals surface area (Å²) in [6.07, 6.45) is 9.56. The first kappa shape index (κ1) is 35.1. The first-order valence-electron chi connectivity index (χ1n) is 14.7. The van der Waals surface area contributed by atoms with Crippen LogP contribution in [0.15, 0.2) is 104 Å². The van der Waals surface area contributed by atoms with E-state index in [1.807, 2.05) is 0 Å². The zero-order chi connectivity index (χ0) is 35.2. The van der Waals surface area contributed by atoms with Gasteiger partial charge in [-0.25, -0.2) is 26.8 Å². The van der Waals surface area contributed by atoms with Crippen molar-refractivity contribution in [3.8, 4) is 0 Å². The molecule has 2 aromatic carbocycles. The Hall–Kier alpha value is -5.19. The van der Waals surface area contributed by atoms with Crippen molar-refractivity contribution in [2.75, 3.05) is 40.7 Å². The van der Waals surface area contributed by atoms with Gasteiger partial charge in [0.1, 0.15) is 11.0 Å². The van der Waals surface area contributed by atoms with Crippen LogP contribution in [0.3, 0.4) is 0 Å². The van der Waals surface area contributed by atoms with E-state index in [4.69, 9.17) is 26.2 Å². The minimum atomic E-state index is -3.22. The molecule has 0 unspecified atom stereocenters. The summed E-state index contributed by atoms with van der Waals surface area (Å²) in [4.78, 5) is 17.5. The molecular formula is C32H33ClN8O6S2. The number of hydrogen-bond donors (Lipinski definition) is 4. The van der Waals surface area contributed by atoms with Gasteiger partial charge in [0.05, 0.1) is 22.3 Å². The van der Waals surface area contributed by atoms with E-state index in [-0.39, 0.29) is 10.2 Å². The van der Waals surface area contributed by atoms with Gasteiger partial charge in [0.2, 0.25) is 11.2 Å². The summed E-state index contributed by atoms with van der Waals surface area (Å²) in [5.41, 5.74) is 9.27. The minimum Gasteiger partial charge on any atom is -0.459 e. The third kappa shape index (κ3) is 9.68. The quantitative estimate of drug-likeness (QED) is 0.0756.